The number of carbonyl (C=O) groups is 2. The number of H-pyrrole nitrogens is 1. The lowest BCUT2D eigenvalue weighted by Gasteiger charge is -2.16. The molecule has 1 aromatic heterocycles. The number of carbonyl (C=O) groups excluding carboxylic acids is 2. The molecular formula is C28H26N4O2S. The van der Waals surface area contributed by atoms with E-state index in [4.69, 9.17) is 4.99 Å². The molecular weight excluding hydrogens is 456 g/mol. The van der Waals surface area contributed by atoms with Crippen molar-refractivity contribution in [1.29, 1.82) is 0 Å². The molecule has 0 spiro atoms. The summed E-state index contributed by atoms with van der Waals surface area (Å²) in [7, 11) is 0. The van der Waals surface area contributed by atoms with Crippen LogP contribution >= 0.6 is 11.8 Å². The topological polar surface area (TPSA) is 77.6 Å². The van der Waals surface area contributed by atoms with Gasteiger partial charge in [-0.1, -0.05) is 59.8 Å². The number of fused-ring (bicyclic) bond motifs is 1. The Hall–Kier alpha value is -3.84. The summed E-state index contributed by atoms with van der Waals surface area (Å²) in [5.41, 5.74) is 4.94. The number of para-hydroxylation sites is 2. The van der Waals surface area contributed by atoms with Crippen LogP contribution in [0.5, 0.6) is 0 Å². The van der Waals surface area contributed by atoms with Crippen LogP contribution in [0.4, 0.5) is 11.4 Å². The van der Waals surface area contributed by atoms with Crippen LogP contribution in [0, 0.1) is 6.92 Å². The number of amidine groups is 1. The van der Waals surface area contributed by atoms with Crippen LogP contribution in [-0.2, 0) is 16.0 Å². The molecule has 5 rings (SSSR count). The lowest BCUT2D eigenvalue weighted by Crippen LogP contribution is -2.35. The highest BCUT2D eigenvalue weighted by Crippen LogP contribution is 2.32. The lowest BCUT2D eigenvalue weighted by atomic mass is 10.1. The maximum Gasteiger partial charge on any atom is 0.242 e. The number of benzene rings is 3. The third-order valence-electron chi connectivity index (χ3n) is 5.96. The number of hydrogen-bond acceptors (Lipinski definition) is 4. The number of nitrogens with zero attached hydrogens (tertiary/aromatic N) is 2. The molecule has 0 saturated carbocycles. The summed E-state index contributed by atoms with van der Waals surface area (Å²) < 4.78 is 0. The van der Waals surface area contributed by atoms with Crippen LogP contribution in [0.3, 0.4) is 0 Å². The number of aromatic amines is 1. The molecule has 2 amide bonds. The van der Waals surface area contributed by atoms with Crippen molar-refractivity contribution in [3.05, 3.63) is 96.2 Å². The SMILES string of the molecule is Cc1ccc2[nH]cc(CCN3C(=O)[C@@H](CC(=O)Nc4ccccc4)SC3=Nc3ccccc3)c2c1. The lowest BCUT2D eigenvalue weighted by molar-refractivity contribution is -0.128. The van der Waals surface area contributed by atoms with Crippen molar-refractivity contribution < 1.29 is 9.59 Å². The van der Waals surface area contributed by atoms with Crippen LogP contribution in [0.1, 0.15) is 17.5 Å². The molecule has 0 aliphatic carbocycles. The van der Waals surface area contributed by atoms with E-state index < -0.39 is 5.25 Å². The minimum absolute atomic E-state index is 0.0797. The van der Waals surface area contributed by atoms with Crippen molar-refractivity contribution in [2.45, 2.75) is 25.0 Å². The predicted molar refractivity (Wildman–Crippen MR) is 143 cm³/mol. The predicted octanol–water partition coefficient (Wildman–Crippen LogP) is 5.68. The molecule has 0 radical (unpaired) electrons. The van der Waals surface area contributed by atoms with Crippen molar-refractivity contribution in [2.24, 2.45) is 4.99 Å². The first kappa shape index (κ1) is 22.9. The number of thioether (sulfide) groups is 1. The van der Waals surface area contributed by atoms with Gasteiger partial charge in [0.15, 0.2) is 5.17 Å². The summed E-state index contributed by atoms with van der Waals surface area (Å²) in [6.45, 7) is 2.57. The Morgan fingerprint density at radius 1 is 1.06 bits per heavy atom. The highest BCUT2D eigenvalue weighted by Gasteiger charge is 2.39. The molecule has 1 atom stereocenters. The normalized spacial score (nSPS) is 16.8. The summed E-state index contributed by atoms with van der Waals surface area (Å²) in [6, 6.07) is 25.2. The van der Waals surface area contributed by atoms with Crippen LogP contribution in [0.2, 0.25) is 0 Å². The fourth-order valence-electron chi connectivity index (χ4n) is 4.18. The zero-order valence-corrected chi connectivity index (χ0v) is 20.2. The van der Waals surface area contributed by atoms with Gasteiger partial charge in [-0.2, -0.15) is 0 Å². The van der Waals surface area contributed by atoms with Crippen molar-refractivity contribution in [3.8, 4) is 0 Å². The Morgan fingerprint density at radius 3 is 2.57 bits per heavy atom. The highest BCUT2D eigenvalue weighted by atomic mass is 32.2. The molecule has 7 heteroatoms. The molecule has 1 aliphatic rings. The van der Waals surface area contributed by atoms with Crippen LogP contribution in [-0.4, -0.2) is 38.7 Å². The van der Waals surface area contributed by atoms with Gasteiger partial charge in [0.25, 0.3) is 0 Å². The average Bonchev–Trinajstić information content (AvgIpc) is 3.39. The summed E-state index contributed by atoms with van der Waals surface area (Å²) in [5.74, 6) is -0.265. The van der Waals surface area contributed by atoms with E-state index in [1.54, 1.807) is 4.90 Å². The first-order valence-corrected chi connectivity index (χ1v) is 12.5. The van der Waals surface area contributed by atoms with Crippen LogP contribution in [0.25, 0.3) is 10.9 Å². The Kier molecular flexibility index (Phi) is 6.68. The fourth-order valence-corrected chi connectivity index (χ4v) is 5.36. The van der Waals surface area contributed by atoms with Gasteiger partial charge in [0.1, 0.15) is 5.25 Å². The van der Waals surface area contributed by atoms with E-state index >= 15 is 0 Å². The molecule has 1 fully saturated rings. The number of hydrogen-bond donors (Lipinski definition) is 2. The minimum Gasteiger partial charge on any atom is -0.361 e. The molecule has 0 bridgehead atoms. The van der Waals surface area contributed by atoms with E-state index in [9.17, 15) is 9.59 Å². The molecule has 1 aliphatic heterocycles. The average molecular weight is 483 g/mol. The number of aliphatic imine (C=N–C) groups is 1. The Morgan fingerprint density at radius 2 is 1.80 bits per heavy atom. The van der Waals surface area contributed by atoms with Crippen molar-refractivity contribution in [3.63, 3.8) is 0 Å². The number of aromatic nitrogens is 1. The third kappa shape index (κ3) is 5.30. The molecule has 35 heavy (non-hydrogen) atoms. The van der Waals surface area contributed by atoms with Crippen LogP contribution < -0.4 is 5.32 Å². The second kappa shape index (κ2) is 10.2. The minimum atomic E-state index is -0.508. The Labute approximate surface area is 208 Å². The molecule has 2 N–H and O–H groups in total. The van der Waals surface area contributed by atoms with Crippen molar-refractivity contribution in [1.82, 2.24) is 9.88 Å². The van der Waals surface area contributed by atoms with Crippen LogP contribution in [0.15, 0.2) is 90.1 Å². The van der Waals surface area contributed by atoms with Gasteiger partial charge in [-0.25, -0.2) is 4.99 Å². The van der Waals surface area contributed by atoms with E-state index in [0.29, 0.717) is 18.1 Å². The first-order chi connectivity index (χ1) is 17.1. The number of rotatable bonds is 7. The fraction of sp³-hybridized carbons (Fsp3) is 0.179. The van der Waals surface area contributed by atoms with Gasteiger partial charge in [-0.3, -0.25) is 14.5 Å². The smallest absolute Gasteiger partial charge is 0.242 e. The second-order valence-corrected chi connectivity index (χ2v) is 9.73. The number of anilines is 1. The van der Waals surface area contributed by atoms with Gasteiger partial charge < -0.3 is 10.3 Å². The van der Waals surface area contributed by atoms with E-state index in [1.807, 2.05) is 66.9 Å². The van der Waals surface area contributed by atoms with E-state index in [-0.39, 0.29) is 18.2 Å². The Bertz CT molecular complexity index is 1380. The molecule has 3 aromatic carbocycles. The van der Waals surface area contributed by atoms with E-state index in [1.165, 1.54) is 22.7 Å². The maximum atomic E-state index is 13.4. The Balaban J connectivity index is 1.35. The van der Waals surface area contributed by atoms with Gasteiger partial charge >= 0.3 is 0 Å². The summed E-state index contributed by atoms with van der Waals surface area (Å²) in [4.78, 5) is 35.9. The monoisotopic (exact) mass is 482 g/mol. The molecule has 6 nitrogen and oxygen atoms in total. The largest absolute Gasteiger partial charge is 0.361 e. The summed E-state index contributed by atoms with van der Waals surface area (Å²) in [5, 5.41) is 4.18. The molecule has 2 heterocycles. The van der Waals surface area contributed by atoms with Crippen molar-refractivity contribution in [2.75, 3.05) is 11.9 Å². The standard InChI is InChI=1S/C28H26N4O2S/c1-19-12-13-24-23(16-19)20(18-29-24)14-15-32-27(34)25(17-26(33)30-21-8-4-2-5-9-21)35-28(32)31-22-10-6-3-7-11-22/h2-13,16,18,25,29H,14-15,17H2,1H3,(H,30,33)/t25-/m1/s1. The van der Waals surface area contributed by atoms with E-state index in [2.05, 4.69) is 35.4 Å². The van der Waals surface area contributed by atoms with Gasteiger partial charge in [0.05, 0.1) is 5.69 Å². The van der Waals surface area contributed by atoms with Gasteiger partial charge in [0.2, 0.25) is 11.8 Å². The molecule has 0 unspecified atom stereocenters. The number of aryl methyl sites for hydroxylation is 1. The van der Waals surface area contributed by atoms with E-state index in [0.717, 1.165) is 22.5 Å². The number of nitrogens with one attached hydrogen (secondary N) is 2. The highest BCUT2D eigenvalue weighted by molar-refractivity contribution is 8.15. The quantitative estimate of drug-likeness (QED) is 0.356. The summed E-state index contributed by atoms with van der Waals surface area (Å²) in [6.07, 6.45) is 2.79. The number of amides is 2. The zero-order valence-electron chi connectivity index (χ0n) is 19.4. The first-order valence-electron chi connectivity index (χ1n) is 11.6. The third-order valence-corrected chi connectivity index (χ3v) is 7.13. The van der Waals surface area contributed by atoms with Gasteiger partial charge in [-0.05, 0) is 55.3 Å². The second-order valence-electron chi connectivity index (χ2n) is 8.56. The summed E-state index contributed by atoms with van der Waals surface area (Å²) >= 11 is 1.36. The zero-order chi connectivity index (χ0) is 24.2. The van der Waals surface area contributed by atoms with Crippen molar-refractivity contribution >= 4 is 51.0 Å². The molecule has 176 valence electrons. The van der Waals surface area contributed by atoms with Gasteiger partial charge in [0, 0.05) is 35.8 Å². The molecule has 4 aromatic rings. The maximum absolute atomic E-state index is 13.4. The van der Waals surface area contributed by atoms with Gasteiger partial charge in [-0.15, -0.1) is 0 Å². The molecule has 1 saturated heterocycles.